The van der Waals surface area contributed by atoms with Gasteiger partial charge in [-0.3, -0.25) is 0 Å². The van der Waals surface area contributed by atoms with Crippen LogP contribution in [0.5, 0.6) is 17.2 Å². The van der Waals surface area contributed by atoms with Crippen molar-refractivity contribution in [2.24, 2.45) is 0 Å². The lowest BCUT2D eigenvalue weighted by Crippen LogP contribution is -2.15. The van der Waals surface area contributed by atoms with E-state index in [1.807, 2.05) is 13.0 Å². The van der Waals surface area contributed by atoms with E-state index in [9.17, 15) is 4.79 Å². The molecule has 0 radical (unpaired) electrons. The second-order valence-corrected chi connectivity index (χ2v) is 6.37. The Morgan fingerprint density at radius 1 is 1.10 bits per heavy atom. The topological polar surface area (TPSA) is 92.9 Å². The van der Waals surface area contributed by atoms with E-state index in [0.717, 1.165) is 5.56 Å². The molecule has 0 bridgehead atoms. The minimum absolute atomic E-state index is 0.139. The number of methoxy groups -OCH3 is 2. The van der Waals surface area contributed by atoms with Crippen molar-refractivity contribution in [2.75, 3.05) is 20.8 Å². The molecule has 9 heteroatoms. The van der Waals surface area contributed by atoms with Gasteiger partial charge in [-0.25, -0.2) is 4.79 Å². The SMILES string of the molecule is COc1ccc(-c2noc(COC(=O)COc3cc(C)ccc3Cl)n2)c(OC)c1. The Morgan fingerprint density at radius 3 is 2.69 bits per heavy atom. The standard InChI is InChI=1S/C20H19ClN2O6/c1-12-4-7-15(21)17(8-12)27-11-19(24)28-10-18-22-20(23-29-18)14-6-5-13(25-2)9-16(14)26-3/h4-9H,10-11H2,1-3H3. The first-order chi connectivity index (χ1) is 14.0. The molecule has 0 spiro atoms. The molecule has 3 aromatic rings. The molecule has 0 saturated carbocycles. The zero-order chi connectivity index (χ0) is 20.8. The fraction of sp³-hybridized carbons (Fsp3) is 0.250. The lowest BCUT2D eigenvalue weighted by molar-refractivity contribution is -0.148. The maximum Gasteiger partial charge on any atom is 0.344 e. The van der Waals surface area contributed by atoms with Crippen molar-refractivity contribution >= 4 is 17.6 Å². The van der Waals surface area contributed by atoms with Crippen molar-refractivity contribution in [1.29, 1.82) is 0 Å². The van der Waals surface area contributed by atoms with Crippen LogP contribution < -0.4 is 14.2 Å². The molecule has 0 fully saturated rings. The fourth-order valence-corrected chi connectivity index (χ4v) is 2.62. The molecule has 0 unspecified atom stereocenters. The minimum Gasteiger partial charge on any atom is -0.497 e. The monoisotopic (exact) mass is 418 g/mol. The van der Waals surface area contributed by atoms with Crippen LogP contribution in [0.3, 0.4) is 0 Å². The average molecular weight is 419 g/mol. The first-order valence-electron chi connectivity index (χ1n) is 8.59. The highest BCUT2D eigenvalue weighted by atomic mass is 35.5. The van der Waals surface area contributed by atoms with Gasteiger partial charge in [0.05, 0.1) is 24.8 Å². The second-order valence-electron chi connectivity index (χ2n) is 5.96. The van der Waals surface area contributed by atoms with Crippen molar-refractivity contribution in [3.05, 3.63) is 52.9 Å². The summed E-state index contributed by atoms with van der Waals surface area (Å²) in [4.78, 5) is 16.1. The number of ether oxygens (including phenoxy) is 4. The fourth-order valence-electron chi connectivity index (χ4n) is 2.45. The molecular formula is C20H19ClN2O6. The van der Waals surface area contributed by atoms with Crippen LogP contribution in [0.25, 0.3) is 11.4 Å². The summed E-state index contributed by atoms with van der Waals surface area (Å²) in [5.74, 6) is 1.42. The third-order valence-electron chi connectivity index (χ3n) is 3.91. The molecule has 0 aliphatic heterocycles. The number of carbonyl (C=O) groups is 1. The van der Waals surface area contributed by atoms with E-state index in [1.165, 1.54) is 7.11 Å². The largest absolute Gasteiger partial charge is 0.497 e. The summed E-state index contributed by atoms with van der Waals surface area (Å²) in [5, 5.41) is 4.31. The number of benzene rings is 2. The van der Waals surface area contributed by atoms with Crippen LogP contribution in [0.15, 0.2) is 40.9 Å². The Labute approximate surface area is 172 Å². The molecule has 29 heavy (non-hydrogen) atoms. The predicted octanol–water partition coefficient (Wildman–Crippen LogP) is 3.84. The number of hydrogen-bond donors (Lipinski definition) is 0. The summed E-state index contributed by atoms with van der Waals surface area (Å²) in [6, 6.07) is 10.5. The third-order valence-corrected chi connectivity index (χ3v) is 4.22. The Bertz CT molecular complexity index is 1000. The molecule has 0 aliphatic rings. The number of nitrogens with zero attached hydrogens (tertiary/aromatic N) is 2. The molecular weight excluding hydrogens is 400 g/mol. The summed E-state index contributed by atoms with van der Waals surface area (Å²) in [5.41, 5.74) is 1.58. The van der Waals surface area contributed by atoms with E-state index in [2.05, 4.69) is 10.1 Å². The highest BCUT2D eigenvalue weighted by Gasteiger charge is 2.16. The molecule has 0 saturated heterocycles. The highest BCUT2D eigenvalue weighted by molar-refractivity contribution is 6.32. The lowest BCUT2D eigenvalue weighted by atomic mass is 10.2. The lowest BCUT2D eigenvalue weighted by Gasteiger charge is -2.08. The number of carbonyl (C=O) groups excluding carboxylic acids is 1. The molecule has 0 amide bonds. The highest BCUT2D eigenvalue weighted by Crippen LogP contribution is 2.31. The molecule has 1 heterocycles. The number of esters is 1. The molecule has 0 aliphatic carbocycles. The van der Waals surface area contributed by atoms with Gasteiger partial charge in [-0.15, -0.1) is 0 Å². The smallest absolute Gasteiger partial charge is 0.344 e. The van der Waals surface area contributed by atoms with Crippen LogP contribution in [0.1, 0.15) is 11.5 Å². The van der Waals surface area contributed by atoms with Gasteiger partial charge in [0.1, 0.15) is 17.2 Å². The number of hydrogen-bond acceptors (Lipinski definition) is 8. The molecule has 152 valence electrons. The second kappa shape index (κ2) is 9.29. The Hall–Kier alpha value is -3.26. The first kappa shape index (κ1) is 20.5. The van der Waals surface area contributed by atoms with Crippen LogP contribution in [0, 0.1) is 6.92 Å². The zero-order valence-electron chi connectivity index (χ0n) is 16.1. The number of rotatable bonds is 8. The van der Waals surface area contributed by atoms with E-state index in [1.54, 1.807) is 37.4 Å². The minimum atomic E-state index is -0.593. The van der Waals surface area contributed by atoms with Gasteiger partial charge in [0.25, 0.3) is 5.89 Å². The van der Waals surface area contributed by atoms with Gasteiger partial charge in [0.2, 0.25) is 5.82 Å². The van der Waals surface area contributed by atoms with Crippen LogP contribution in [0.4, 0.5) is 0 Å². The Kier molecular flexibility index (Phi) is 6.56. The van der Waals surface area contributed by atoms with Crippen molar-refractivity contribution < 1.29 is 28.3 Å². The van der Waals surface area contributed by atoms with E-state index in [-0.39, 0.29) is 19.1 Å². The van der Waals surface area contributed by atoms with Crippen LogP contribution in [-0.2, 0) is 16.1 Å². The predicted molar refractivity (Wildman–Crippen MR) is 104 cm³/mol. The van der Waals surface area contributed by atoms with E-state index >= 15 is 0 Å². The van der Waals surface area contributed by atoms with Gasteiger partial charge in [0.15, 0.2) is 13.2 Å². The van der Waals surface area contributed by atoms with E-state index < -0.39 is 5.97 Å². The number of halogens is 1. The van der Waals surface area contributed by atoms with Crippen LogP contribution in [0.2, 0.25) is 5.02 Å². The third kappa shape index (κ3) is 5.17. The van der Waals surface area contributed by atoms with E-state index in [0.29, 0.717) is 33.7 Å². The van der Waals surface area contributed by atoms with Crippen molar-refractivity contribution in [3.8, 4) is 28.6 Å². The van der Waals surface area contributed by atoms with Gasteiger partial charge in [-0.1, -0.05) is 22.8 Å². The average Bonchev–Trinajstić information content (AvgIpc) is 3.21. The number of aromatic nitrogens is 2. The molecule has 0 N–H and O–H groups in total. The van der Waals surface area contributed by atoms with Gasteiger partial charge in [-0.2, -0.15) is 4.98 Å². The van der Waals surface area contributed by atoms with E-state index in [4.69, 9.17) is 35.1 Å². The molecule has 0 atom stereocenters. The Balaban J connectivity index is 1.58. The van der Waals surface area contributed by atoms with Gasteiger partial charge in [0, 0.05) is 6.07 Å². The van der Waals surface area contributed by atoms with Crippen molar-refractivity contribution in [3.63, 3.8) is 0 Å². The Morgan fingerprint density at radius 2 is 1.93 bits per heavy atom. The molecule has 3 rings (SSSR count). The quantitative estimate of drug-likeness (QED) is 0.509. The zero-order valence-corrected chi connectivity index (χ0v) is 16.9. The van der Waals surface area contributed by atoms with Gasteiger partial charge < -0.3 is 23.5 Å². The van der Waals surface area contributed by atoms with Gasteiger partial charge in [-0.05, 0) is 36.8 Å². The summed E-state index contributed by atoms with van der Waals surface area (Å²) >= 11 is 6.03. The van der Waals surface area contributed by atoms with Gasteiger partial charge >= 0.3 is 5.97 Å². The molecule has 2 aromatic carbocycles. The summed E-state index contributed by atoms with van der Waals surface area (Å²) < 4.78 is 26.1. The van der Waals surface area contributed by atoms with Crippen LogP contribution >= 0.6 is 11.6 Å². The summed E-state index contributed by atoms with van der Waals surface area (Å²) in [7, 11) is 3.09. The maximum atomic E-state index is 11.9. The normalized spacial score (nSPS) is 10.5. The summed E-state index contributed by atoms with van der Waals surface area (Å²) in [6.07, 6.45) is 0. The maximum absolute atomic E-state index is 11.9. The first-order valence-corrected chi connectivity index (χ1v) is 8.97. The van der Waals surface area contributed by atoms with Crippen molar-refractivity contribution in [2.45, 2.75) is 13.5 Å². The molecule has 1 aromatic heterocycles. The van der Waals surface area contributed by atoms with Crippen LogP contribution in [-0.4, -0.2) is 36.9 Å². The number of aryl methyl sites for hydroxylation is 1. The summed E-state index contributed by atoms with van der Waals surface area (Å²) in [6.45, 7) is 1.41. The van der Waals surface area contributed by atoms with Crippen molar-refractivity contribution in [1.82, 2.24) is 10.1 Å². The molecule has 8 nitrogen and oxygen atoms in total.